The van der Waals surface area contributed by atoms with Crippen molar-refractivity contribution in [3.05, 3.63) is 28.5 Å². The average molecular weight is 354 g/mol. The fourth-order valence-electron chi connectivity index (χ4n) is 2.58. The zero-order valence-corrected chi connectivity index (χ0v) is 14.1. The van der Waals surface area contributed by atoms with E-state index in [4.69, 9.17) is 0 Å². The number of piperazine rings is 1. The summed E-state index contributed by atoms with van der Waals surface area (Å²) in [4.78, 5) is 30.8. The number of aromatic nitrogens is 1. The molecule has 1 aromatic heterocycles. The SMILES string of the molecule is CCC1C(=O)NC(C)(CC)C(=O)N1Cc1cncc(Br)c1. The number of hydrogen-bond acceptors (Lipinski definition) is 3. The smallest absolute Gasteiger partial charge is 0.249 e. The van der Waals surface area contributed by atoms with Crippen molar-refractivity contribution in [3.63, 3.8) is 0 Å². The van der Waals surface area contributed by atoms with E-state index in [1.54, 1.807) is 24.2 Å². The van der Waals surface area contributed by atoms with Gasteiger partial charge in [-0.1, -0.05) is 13.8 Å². The Morgan fingerprint density at radius 2 is 2.10 bits per heavy atom. The lowest BCUT2D eigenvalue weighted by molar-refractivity contribution is -0.155. The second kappa shape index (κ2) is 6.13. The maximum Gasteiger partial charge on any atom is 0.249 e. The van der Waals surface area contributed by atoms with E-state index in [-0.39, 0.29) is 11.8 Å². The molecular weight excluding hydrogens is 334 g/mol. The molecule has 1 aromatic rings. The van der Waals surface area contributed by atoms with Crippen molar-refractivity contribution in [1.29, 1.82) is 0 Å². The molecule has 0 radical (unpaired) electrons. The van der Waals surface area contributed by atoms with Crippen LogP contribution in [0.4, 0.5) is 0 Å². The minimum absolute atomic E-state index is 0.0311. The van der Waals surface area contributed by atoms with E-state index < -0.39 is 11.6 Å². The fraction of sp³-hybridized carbons (Fsp3) is 0.533. The van der Waals surface area contributed by atoms with Crippen LogP contribution in [-0.2, 0) is 16.1 Å². The summed E-state index contributed by atoms with van der Waals surface area (Å²) in [5, 5.41) is 2.87. The van der Waals surface area contributed by atoms with E-state index in [9.17, 15) is 9.59 Å². The Morgan fingerprint density at radius 1 is 1.38 bits per heavy atom. The summed E-state index contributed by atoms with van der Waals surface area (Å²) in [7, 11) is 0. The number of carbonyl (C=O) groups excluding carboxylic acids is 2. The van der Waals surface area contributed by atoms with Crippen molar-refractivity contribution in [2.75, 3.05) is 0 Å². The van der Waals surface area contributed by atoms with Gasteiger partial charge in [0.15, 0.2) is 0 Å². The highest BCUT2D eigenvalue weighted by molar-refractivity contribution is 9.10. The third-order valence-corrected chi connectivity index (χ3v) is 4.45. The van der Waals surface area contributed by atoms with Gasteiger partial charge in [0.25, 0.3) is 0 Å². The predicted octanol–water partition coefficient (Wildman–Crippen LogP) is 2.25. The largest absolute Gasteiger partial charge is 0.340 e. The molecule has 6 heteroatoms. The van der Waals surface area contributed by atoms with Gasteiger partial charge in [-0.15, -0.1) is 0 Å². The van der Waals surface area contributed by atoms with Gasteiger partial charge in [0.2, 0.25) is 11.8 Å². The van der Waals surface area contributed by atoms with Crippen molar-refractivity contribution in [3.8, 4) is 0 Å². The predicted molar refractivity (Wildman–Crippen MR) is 83.4 cm³/mol. The Balaban J connectivity index is 2.32. The van der Waals surface area contributed by atoms with Crippen LogP contribution in [0.25, 0.3) is 0 Å². The van der Waals surface area contributed by atoms with E-state index in [0.717, 1.165) is 10.0 Å². The summed E-state index contributed by atoms with van der Waals surface area (Å²) in [6.45, 7) is 6.00. The first-order chi connectivity index (χ1) is 9.91. The van der Waals surface area contributed by atoms with Crippen molar-refractivity contribution < 1.29 is 9.59 Å². The number of halogens is 1. The van der Waals surface area contributed by atoms with Crippen molar-refractivity contribution in [2.24, 2.45) is 0 Å². The van der Waals surface area contributed by atoms with Crippen LogP contribution in [0.1, 0.15) is 39.2 Å². The average Bonchev–Trinajstić information content (AvgIpc) is 2.45. The summed E-state index contributed by atoms with van der Waals surface area (Å²) in [6.07, 6.45) is 4.59. The lowest BCUT2D eigenvalue weighted by Gasteiger charge is -2.44. The van der Waals surface area contributed by atoms with Gasteiger partial charge in [0, 0.05) is 23.4 Å². The quantitative estimate of drug-likeness (QED) is 0.902. The molecule has 2 heterocycles. The molecule has 2 rings (SSSR count). The molecule has 1 aliphatic heterocycles. The molecular formula is C15H20BrN3O2. The standard InChI is InChI=1S/C15H20BrN3O2/c1-4-12-13(20)18-15(3,5-2)14(21)19(12)9-10-6-11(16)8-17-7-10/h6-8,12H,4-5,9H2,1-3H3,(H,18,20). The molecule has 0 saturated carbocycles. The summed E-state index contributed by atoms with van der Waals surface area (Å²) >= 11 is 3.38. The maximum absolute atomic E-state index is 12.8. The molecule has 0 aromatic carbocycles. The third kappa shape index (κ3) is 3.10. The summed E-state index contributed by atoms with van der Waals surface area (Å²) in [5.74, 6) is -0.110. The second-order valence-electron chi connectivity index (χ2n) is 5.54. The first-order valence-corrected chi connectivity index (χ1v) is 7.93. The molecule has 1 N–H and O–H groups in total. The Morgan fingerprint density at radius 3 is 2.67 bits per heavy atom. The highest BCUT2D eigenvalue weighted by atomic mass is 79.9. The zero-order chi connectivity index (χ0) is 15.6. The first-order valence-electron chi connectivity index (χ1n) is 7.13. The highest BCUT2D eigenvalue weighted by Crippen LogP contribution is 2.25. The van der Waals surface area contributed by atoms with Crippen LogP contribution in [0.15, 0.2) is 22.9 Å². The first kappa shape index (κ1) is 15.9. The zero-order valence-electron chi connectivity index (χ0n) is 12.5. The number of hydrogen-bond donors (Lipinski definition) is 1. The van der Waals surface area contributed by atoms with Gasteiger partial charge in [0.05, 0.1) is 0 Å². The normalized spacial score (nSPS) is 25.9. The van der Waals surface area contributed by atoms with Gasteiger partial charge < -0.3 is 10.2 Å². The third-order valence-electron chi connectivity index (χ3n) is 4.02. The van der Waals surface area contributed by atoms with E-state index in [1.165, 1.54) is 0 Å². The monoisotopic (exact) mass is 353 g/mol. The number of nitrogens with zero attached hydrogens (tertiary/aromatic N) is 2. The van der Waals surface area contributed by atoms with Gasteiger partial charge in [-0.2, -0.15) is 0 Å². The van der Waals surface area contributed by atoms with Crippen molar-refractivity contribution >= 4 is 27.7 Å². The second-order valence-corrected chi connectivity index (χ2v) is 6.46. The van der Waals surface area contributed by atoms with Crippen molar-refractivity contribution in [2.45, 2.75) is 51.7 Å². The lowest BCUT2D eigenvalue weighted by Crippen LogP contribution is -2.68. The maximum atomic E-state index is 12.8. The van der Waals surface area contributed by atoms with Gasteiger partial charge in [-0.3, -0.25) is 14.6 Å². The molecule has 1 aliphatic rings. The molecule has 0 aliphatic carbocycles. The van der Waals surface area contributed by atoms with Crippen LogP contribution >= 0.6 is 15.9 Å². The molecule has 2 atom stereocenters. The minimum atomic E-state index is -0.817. The minimum Gasteiger partial charge on any atom is -0.340 e. The van der Waals surface area contributed by atoms with E-state index in [2.05, 4.69) is 26.2 Å². The Bertz CT molecular complexity index is 564. The van der Waals surface area contributed by atoms with E-state index >= 15 is 0 Å². The van der Waals surface area contributed by atoms with Crippen LogP contribution in [0.3, 0.4) is 0 Å². The van der Waals surface area contributed by atoms with Crippen LogP contribution < -0.4 is 5.32 Å². The van der Waals surface area contributed by atoms with Gasteiger partial charge in [0.1, 0.15) is 11.6 Å². The summed E-state index contributed by atoms with van der Waals surface area (Å²) in [5.41, 5.74) is 0.0895. The Labute approximate surface area is 133 Å². The molecule has 0 bridgehead atoms. The van der Waals surface area contributed by atoms with Gasteiger partial charge >= 0.3 is 0 Å². The highest BCUT2D eigenvalue weighted by Gasteiger charge is 2.46. The molecule has 21 heavy (non-hydrogen) atoms. The van der Waals surface area contributed by atoms with Crippen LogP contribution in [0, 0.1) is 0 Å². The van der Waals surface area contributed by atoms with Crippen molar-refractivity contribution in [1.82, 2.24) is 15.2 Å². The van der Waals surface area contributed by atoms with Crippen LogP contribution in [0.5, 0.6) is 0 Å². The molecule has 1 saturated heterocycles. The number of amides is 2. The molecule has 114 valence electrons. The summed E-state index contributed by atoms with van der Waals surface area (Å²) < 4.78 is 0.861. The lowest BCUT2D eigenvalue weighted by atomic mass is 9.91. The molecule has 2 amide bonds. The van der Waals surface area contributed by atoms with E-state index in [0.29, 0.717) is 19.4 Å². The van der Waals surface area contributed by atoms with Crippen LogP contribution in [-0.4, -0.2) is 33.3 Å². The molecule has 2 unspecified atom stereocenters. The number of carbonyl (C=O) groups is 2. The van der Waals surface area contributed by atoms with Gasteiger partial charge in [-0.25, -0.2) is 0 Å². The molecule has 0 spiro atoms. The van der Waals surface area contributed by atoms with E-state index in [1.807, 2.05) is 19.9 Å². The molecule has 1 fully saturated rings. The number of rotatable bonds is 4. The van der Waals surface area contributed by atoms with Gasteiger partial charge in [-0.05, 0) is 47.3 Å². The molecule has 5 nitrogen and oxygen atoms in total. The number of nitrogens with one attached hydrogen (secondary N) is 1. The fourth-order valence-corrected chi connectivity index (χ4v) is 2.99. The van der Waals surface area contributed by atoms with Crippen LogP contribution in [0.2, 0.25) is 0 Å². The topological polar surface area (TPSA) is 62.3 Å². The number of pyridine rings is 1. The Hall–Kier alpha value is -1.43. The Kier molecular flexibility index (Phi) is 4.66. The summed E-state index contributed by atoms with van der Waals surface area (Å²) in [6, 6.07) is 1.50.